The van der Waals surface area contributed by atoms with Gasteiger partial charge in [-0.15, -0.1) is 11.3 Å². The van der Waals surface area contributed by atoms with Crippen molar-refractivity contribution in [2.24, 2.45) is 0 Å². The minimum absolute atomic E-state index is 0.596. The Morgan fingerprint density at radius 2 is 1.17 bits per heavy atom. The summed E-state index contributed by atoms with van der Waals surface area (Å²) in [6, 6.07) is 51.4. The van der Waals surface area contributed by atoms with Gasteiger partial charge in [-0.25, -0.2) is 4.98 Å². The Balaban J connectivity index is 1.29. The third-order valence-electron chi connectivity index (χ3n) is 9.03. The van der Waals surface area contributed by atoms with Gasteiger partial charge in [-0.2, -0.15) is 9.97 Å². The summed E-state index contributed by atoms with van der Waals surface area (Å²) < 4.78 is 2.53. The molecule has 0 unspecified atom stereocenters. The highest BCUT2D eigenvalue weighted by atomic mass is 32.1. The predicted octanol–water partition coefficient (Wildman–Crippen LogP) is 11.3. The van der Waals surface area contributed by atoms with Crippen molar-refractivity contribution in [3.63, 3.8) is 0 Å². The lowest BCUT2D eigenvalue weighted by atomic mass is 9.89. The maximum Gasteiger partial charge on any atom is 0.238 e. The van der Waals surface area contributed by atoms with E-state index in [0.717, 1.165) is 33.5 Å². The van der Waals surface area contributed by atoms with Crippen LogP contribution in [0, 0.1) is 0 Å². The molecule has 7 aromatic carbocycles. The highest BCUT2D eigenvalue weighted by molar-refractivity contribution is 7.25. The first-order valence-electron chi connectivity index (χ1n) is 15.4. The Morgan fingerprint density at radius 1 is 0.457 bits per heavy atom. The standard InChI is InChI=1S/C41H24N4S/c1-2-11-27(12-3-1)39-42-40(28-21-23-36-33(24-28)30-16-6-7-19-35(30)46-36)44-41(43-39)45-34-18-9-14-26-13-8-17-31(37(26)34)32-22-20-25-10-4-5-15-29(25)38(32)45/h1-24H. The third-order valence-corrected chi connectivity index (χ3v) is 10.2. The summed E-state index contributed by atoms with van der Waals surface area (Å²) >= 11 is 1.81. The third kappa shape index (κ3) is 3.76. The van der Waals surface area contributed by atoms with Gasteiger partial charge in [-0.3, -0.25) is 4.90 Å². The number of hydrogen-bond donors (Lipinski definition) is 0. The van der Waals surface area contributed by atoms with E-state index >= 15 is 0 Å². The molecule has 0 radical (unpaired) electrons. The molecule has 1 aliphatic rings. The fraction of sp³-hybridized carbons (Fsp3) is 0. The first-order valence-corrected chi connectivity index (χ1v) is 16.2. The average Bonchev–Trinajstić information content (AvgIpc) is 3.50. The van der Waals surface area contributed by atoms with E-state index in [2.05, 4.69) is 132 Å². The smallest absolute Gasteiger partial charge is 0.238 e. The van der Waals surface area contributed by atoms with Crippen molar-refractivity contribution in [3.8, 4) is 33.9 Å². The Labute approximate surface area is 268 Å². The SMILES string of the molecule is c1ccc(-c2nc(-c3ccc4sc5ccccc5c4c3)nc(N3c4c(ccc5ccccc45)-c4cccc5cccc3c45)n2)cc1. The van der Waals surface area contributed by atoms with Crippen LogP contribution in [0.15, 0.2) is 146 Å². The van der Waals surface area contributed by atoms with Crippen LogP contribution in [0.25, 0.3) is 75.6 Å². The second-order valence-corrected chi connectivity index (χ2v) is 12.7. The highest BCUT2D eigenvalue weighted by Gasteiger charge is 2.30. The van der Waals surface area contributed by atoms with Crippen LogP contribution in [0.3, 0.4) is 0 Å². The molecule has 0 atom stereocenters. The molecule has 46 heavy (non-hydrogen) atoms. The maximum absolute atomic E-state index is 5.30. The molecule has 2 aromatic heterocycles. The summed E-state index contributed by atoms with van der Waals surface area (Å²) in [5.74, 6) is 1.89. The number of anilines is 3. The molecule has 4 nitrogen and oxygen atoms in total. The monoisotopic (exact) mass is 604 g/mol. The summed E-state index contributed by atoms with van der Waals surface area (Å²) in [4.78, 5) is 17.9. The van der Waals surface area contributed by atoms with Gasteiger partial charge in [0.15, 0.2) is 11.6 Å². The fourth-order valence-electron chi connectivity index (χ4n) is 6.95. The zero-order valence-corrected chi connectivity index (χ0v) is 25.4. The molecule has 1 aliphatic heterocycles. The number of hydrogen-bond acceptors (Lipinski definition) is 5. The van der Waals surface area contributed by atoms with Crippen molar-refractivity contribution >= 4 is 70.4 Å². The lowest BCUT2D eigenvalue weighted by molar-refractivity contribution is 1.03. The highest BCUT2D eigenvalue weighted by Crippen LogP contribution is 2.52. The second kappa shape index (κ2) is 9.80. The van der Waals surface area contributed by atoms with Crippen molar-refractivity contribution in [2.75, 3.05) is 4.90 Å². The molecular weight excluding hydrogens is 581 g/mol. The molecule has 0 saturated heterocycles. The molecule has 0 N–H and O–H groups in total. The Bertz CT molecular complexity index is 2650. The van der Waals surface area contributed by atoms with E-state index in [1.807, 2.05) is 29.5 Å². The predicted molar refractivity (Wildman–Crippen MR) is 192 cm³/mol. The minimum atomic E-state index is 0.596. The van der Waals surface area contributed by atoms with Crippen LogP contribution in [0.4, 0.5) is 17.3 Å². The lowest BCUT2D eigenvalue weighted by Gasteiger charge is -2.33. The van der Waals surface area contributed by atoms with Crippen LogP contribution in [-0.4, -0.2) is 15.0 Å². The molecule has 3 heterocycles. The van der Waals surface area contributed by atoms with Crippen LogP contribution >= 0.6 is 11.3 Å². The molecular formula is C41H24N4S. The molecule has 0 fully saturated rings. The summed E-state index contributed by atoms with van der Waals surface area (Å²) in [5, 5.41) is 7.18. The second-order valence-electron chi connectivity index (χ2n) is 11.7. The normalized spacial score (nSPS) is 12.3. The fourth-order valence-corrected chi connectivity index (χ4v) is 8.04. The van der Waals surface area contributed by atoms with Crippen LogP contribution in [0.5, 0.6) is 0 Å². The van der Waals surface area contributed by atoms with Crippen LogP contribution < -0.4 is 4.90 Å². The number of fused-ring (bicyclic) bond motifs is 7. The summed E-state index contributed by atoms with van der Waals surface area (Å²) in [5.41, 5.74) is 6.44. The van der Waals surface area contributed by atoms with Crippen molar-refractivity contribution < 1.29 is 0 Å². The number of aromatic nitrogens is 3. The van der Waals surface area contributed by atoms with E-state index in [0.29, 0.717) is 17.6 Å². The van der Waals surface area contributed by atoms with Gasteiger partial charge in [-0.1, -0.05) is 115 Å². The number of benzene rings is 7. The summed E-state index contributed by atoms with van der Waals surface area (Å²) in [6.45, 7) is 0. The van der Waals surface area contributed by atoms with Crippen LogP contribution in [0.1, 0.15) is 0 Å². The quantitative estimate of drug-likeness (QED) is 0.201. The lowest BCUT2D eigenvalue weighted by Crippen LogP contribution is -2.19. The van der Waals surface area contributed by atoms with Gasteiger partial charge >= 0.3 is 0 Å². The molecule has 10 rings (SSSR count). The zero-order valence-electron chi connectivity index (χ0n) is 24.6. The van der Waals surface area contributed by atoms with Crippen molar-refractivity contribution in [3.05, 3.63) is 146 Å². The largest absolute Gasteiger partial charge is 0.277 e. The van der Waals surface area contributed by atoms with Gasteiger partial charge in [0.1, 0.15) is 0 Å². The molecule has 0 amide bonds. The zero-order chi connectivity index (χ0) is 30.2. The minimum Gasteiger partial charge on any atom is -0.277 e. The van der Waals surface area contributed by atoms with Gasteiger partial charge < -0.3 is 0 Å². The Hall–Kier alpha value is -5.91. The number of thiophene rings is 1. The van der Waals surface area contributed by atoms with Gasteiger partial charge in [0.2, 0.25) is 5.95 Å². The van der Waals surface area contributed by atoms with E-state index in [1.165, 1.54) is 41.9 Å². The van der Waals surface area contributed by atoms with E-state index < -0.39 is 0 Å². The van der Waals surface area contributed by atoms with Gasteiger partial charge in [-0.05, 0) is 46.7 Å². The van der Waals surface area contributed by atoms with Crippen LogP contribution in [-0.2, 0) is 0 Å². The first kappa shape index (κ1) is 25.4. The summed E-state index contributed by atoms with van der Waals surface area (Å²) in [6.07, 6.45) is 0. The molecule has 0 spiro atoms. The average molecular weight is 605 g/mol. The molecule has 0 bridgehead atoms. The topological polar surface area (TPSA) is 41.9 Å². The Kier molecular flexibility index (Phi) is 5.41. The van der Waals surface area contributed by atoms with Gasteiger partial charge in [0.25, 0.3) is 0 Å². The van der Waals surface area contributed by atoms with Crippen molar-refractivity contribution in [2.45, 2.75) is 0 Å². The molecule has 0 saturated carbocycles. The van der Waals surface area contributed by atoms with Crippen LogP contribution in [0.2, 0.25) is 0 Å². The molecule has 214 valence electrons. The molecule has 0 aliphatic carbocycles. The number of rotatable bonds is 3. The van der Waals surface area contributed by atoms with Crippen molar-refractivity contribution in [1.82, 2.24) is 15.0 Å². The van der Waals surface area contributed by atoms with Gasteiger partial charge in [0.05, 0.1) is 11.4 Å². The van der Waals surface area contributed by atoms with E-state index in [-0.39, 0.29) is 0 Å². The first-order chi connectivity index (χ1) is 22.8. The van der Waals surface area contributed by atoms with E-state index in [1.54, 1.807) is 0 Å². The Morgan fingerprint density at radius 3 is 2.07 bits per heavy atom. The van der Waals surface area contributed by atoms with E-state index in [4.69, 9.17) is 15.0 Å². The maximum atomic E-state index is 5.30. The number of nitrogens with zero attached hydrogens (tertiary/aromatic N) is 4. The molecule has 9 aromatic rings. The summed E-state index contributed by atoms with van der Waals surface area (Å²) in [7, 11) is 0. The van der Waals surface area contributed by atoms with Crippen molar-refractivity contribution in [1.29, 1.82) is 0 Å². The van der Waals surface area contributed by atoms with Gasteiger partial charge in [0, 0.05) is 47.6 Å². The van der Waals surface area contributed by atoms with E-state index in [9.17, 15) is 0 Å². The molecule has 5 heteroatoms.